The van der Waals surface area contributed by atoms with E-state index in [4.69, 9.17) is 4.42 Å². The number of benzene rings is 12. The van der Waals surface area contributed by atoms with Gasteiger partial charge in [0.05, 0.1) is 27.8 Å². The Labute approximate surface area is 463 Å². The average molecular weight is 1020 g/mol. The lowest BCUT2D eigenvalue weighted by atomic mass is 9.30. The molecule has 2 aromatic heterocycles. The summed E-state index contributed by atoms with van der Waals surface area (Å²) in [6.45, 7) is -0.294. The minimum atomic E-state index is -0.148. The molecule has 12 aromatic carbocycles. The summed E-state index contributed by atoms with van der Waals surface area (Å²) in [7, 11) is 0. The molecule has 0 atom stereocenters. The SMILES string of the molecule is c1ccc(N2c3cc4c(cc3B3c5ccccc5N(c5ccccc5)c5c3c2cc2oc3ccccc3c52)B2c3ccccc3N(c3ccccc3)c3cc5c(c(c32)N4c2ccccc2)c2ccccc2n5-c2ccccc2)cc1. The predicted octanol–water partition coefficient (Wildman–Crippen LogP) is 14.8. The normalized spacial score (nSPS) is 13.6. The quantitative estimate of drug-likeness (QED) is 0.160. The van der Waals surface area contributed by atoms with Crippen molar-refractivity contribution in [3.8, 4) is 5.69 Å². The number of furan rings is 1. The van der Waals surface area contributed by atoms with E-state index in [-0.39, 0.29) is 13.4 Å². The number of aromatic nitrogens is 1. The molecule has 0 saturated carbocycles. The van der Waals surface area contributed by atoms with Crippen molar-refractivity contribution in [2.45, 2.75) is 0 Å². The molecular weight excluding hydrogens is 972 g/mol. The van der Waals surface area contributed by atoms with Crippen LogP contribution in [-0.4, -0.2) is 18.0 Å². The van der Waals surface area contributed by atoms with Crippen LogP contribution in [0.15, 0.2) is 277 Å². The van der Waals surface area contributed by atoms with E-state index < -0.39 is 0 Å². The standard InChI is InChI=1S/C72H45B2N5O/c1-6-24-46(25-7-1)75-57-38-20-16-34-51(57)67-62(75)44-63-69-71(67)79(50-32-14-5-15-33-50)61-43-60-55(42-56(61)73(69)53-36-18-21-39-58(53)76(63)47-26-8-2-9-27-47)74-54-37-19-22-40-59(54)78(49-30-12-4-13-31-49)72-68-52-35-17-23-41-65(52)80-66(68)45-64(70(72)74)77(60)48-28-10-3-11-29-48/h1-45H. The summed E-state index contributed by atoms with van der Waals surface area (Å²) in [6, 6.07) is 101. The maximum atomic E-state index is 7.03. The summed E-state index contributed by atoms with van der Waals surface area (Å²) in [4.78, 5) is 10.2. The Morgan fingerprint density at radius 1 is 0.263 bits per heavy atom. The van der Waals surface area contributed by atoms with Crippen LogP contribution in [0.3, 0.4) is 0 Å². The summed E-state index contributed by atoms with van der Waals surface area (Å²) < 4.78 is 9.51. The molecule has 4 aliphatic heterocycles. The third-order valence-corrected chi connectivity index (χ3v) is 17.4. The van der Waals surface area contributed by atoms with Crippen molar-refractivity contribution in [2.24, 2.45) is 0 Å². The first kappa shape index (κ1) is 43.6. The lowest BCUT2D eigenvalue weighted by Gasteiger charge is -2.47. The molecule has 0 radical (unpaired) electrons. The molecule has 0 unspecified atom stereocenters. The Morgan fingerprint density at radius 2 is 0.688 bits per heavy atom. The van der Waals surface area contributed by atoms with Crippen LogP contribution < -0.4 is 52.4 Å². The van der Waals surface area contributed by atoms with Crippen molar-refractivity contribution in [3.05, 3.63) is 273 Å². The molecule has 8 heteroatoms. The fourth-order valence-corrected chi connectivity index (χ4v) is 14.4. The summed E-state index contributed by atoms with van der Waals surface area (Å²) in [6.07, 6.45) is 0. The number of hydrogen-bond acceptors (Lipinski definition) is 5. The highest BCUT2D eigenvalue weighted by atomic mass is 16.3. The number of nitrogens with zero attached hydrogens (tertiary/aromatic N) is 5. The predicted molar refractivity (Wildman–Crippen MR) is 336 cm³/mol. The van der Waals surface area contributed by atoms with Gasteiger partial charge in [-0.1, -0.05) is 170 Å². The van der Waals surface area contributed by atoms with Crippen LogP contribution in [0.4, 0.5) is 68.2 Å². The topological polar surface area (TPSA) is 31.0 Å². The second-order valence-corrected chi connectivity index (χ2v) is 21.5. The van der Waals surface area contributed by atoms with Crippen molar-refractivity contribution < 1.29 is 4.42 Å². The molecule has 6 heterocycles. The van der Waals surface area contributed by atoms with E-state index in [1.165, 1.54) is 60.6 Å². The number of rotatable bonds is 5. The summed E-state index contributed by atoms with van der Waals surface area (Å²) >= 11 is 0. The van der Waals surface area contributed by atoms with Crippen LogP contribution in [-0.2, 0) is 0 Å². The van der Waals surface area contributed by atoms with Gasteiger partial charge in [0.15, 0.2) is 0 Å². The van der Waals surface area contributed by atoms with Crippen LogP contribution in [0.25, 0.3) is 49.4 Å². The Bertz CT molecular complexity index is 4870. The van der Waals surface area contributed by atoms with Gasteiger partial charge in [-0.25, -0.2) is 0 Å². The highest BCUT2D eigenvalue weighted by Gasteiger charge is 2.50. The first-order valence-electron chi connectivity index (χ1n) is 27.7. The smallest absolute Gasteiger partial charge is 0.252 e. The first-order chi connectivity index (χ1) is 39.8. The van der Waals surface area contributed by atoms with Crippen molar-refractivity contribution in [1.29, 1.82) is 0 Å². The van der Waals surface area contributed by atoms with Gasteiger partial charge in [0.2, 0.25) is 0 Å². The largest absolute Gasteiger partial charge is 0.456 e. The van der Waals surface area contributed by atoms with Crippen molar-refractivity contribution in [1.82, 2.24) is 4.57 Å². The van der Waals surface area contributed by atoms with Crippen molar-refractivity contribution >= 4 is 158 Å². The van der Waals surface area contributed by atoms with E-state index in [0.717, 1.165) is 89.8 Å². The van der Waals surface area contributed by atoms with Crippen LogP contribution in [0.2, 0.25) is 0 Å². The summed E-state index contributed by atoms with van der Waals surface area (Å²) in [5.41, 5.74) is 26.4. The zero-order valence-corrected chi connectivity index (χ0v) is 43.3. The monoisotopic (exact) mass is 1020 g/mol. The Balaban J connectivity index is 1.02. The number of para-hydroxylation sites is 9. The van der Waals surface area contributed by atoms with Gasteiger partial charge in [0.1, 0.15) is 11.2 Å². The Kier molecular flexibility index (Phi) is 9.03. The van der Waals surface area contributed by atoms with Crippen LogP contribution >= 0.6 is 0 Å². The molecule has 0 fully saturated rings. The van der Waals surface area contributed by atoms with Gasteiger partial charge in [-0.3, -0.25) is 0 Å². The molecule has 370 valence electrons. The molecule has 0 amide bonds. The first-order valence-corrected chi connectivity index (χ1v) is 27.7. The molecule has 0 saturated heterocycles. The van der Waals surface area contributed by atoms with E-state index in [1.54, 1.807) is 0 Å². The zero-order valence-electron chi connectivity index (χ0n) is 43.3. The van der Waals surface area contributed by atoms with E-state index in [9.17, 15) is 0 Å². The molecular formula is C72H45B2N5O. The number of anilines is 12. The summed E-state index contributed by atoms with van der Waals surface area (Å²) in [5.74, 6) is 0. The van der Waals surface area contributed by atoms with Crippen molar-refractivity contribution in [2.75, 3.05) is 19.6 Å². The highest BCUT2D eigenvalue weighted by molar-refractivity contribution is 7.03. The molecule has 0 N–H and O–H groups in total. The molecule has 4 aliphatic rings. The minimum Gasteiger partial charge on any atom is -0.456 e. The molecule has 6 nitrogen and oxygen atoms in total. The van der Waals surface area contributed by atoms with Gasteiger partial charge in [-0.2, -0.15) is 0 Å². The van der Waals surface area contributed by atoms with Crippen LogP contribution in [0.5, 0.6) is 0 Å². The summed E-state index contributed by atoms with van der Waals surface area (Å²) in [5, 5.41) is 4.65. The van der Waals surface area contributed by atoms with E-state index in [0.29, 0.717) is 0 Å². The maximum absolute atomic E-state index is 7.03. The number of hydrogen-bond donors (Lipinski definition) is 0. The third kappa shape index (κ3) is 5.88. The number of fused-ring (bicyclic) bond motifs is 16. The van der Waals surface area contributed by atoms with Gasteiger partial charge < -0.3 is 28.6 Å². The van der Waals surface area contributed by atoms with Gasteiger partial charge in [0, 0.05) is 84.8 Å². The molecule has 0 aliphatic carbocycles. The average Bonchev–Trinajstić information content (AvgIpc) is 3.75. The second-order valence-electron chi connectivity index (χ2n) is 21.5. The fourth-order valence-electron chi connectivity index (χ4n) is 14.4. The molecule has 14 aromatic rings. The zero-order chi connectivity index (χ0) is 52.2. The van der Waals surface area contributed by atoms with Gasteiger partial charge in [0.25, 0.3) is 13.4 Å². The fraction of sp³-hybridized carbons (Fsp3) is 0. The second kappa shape index (κ2) is 16.5. The van der Waals surface area contributed by atoms with Gasteiger partial charge in [-0.05, 0) is 130 Å². The van der Waals surface area contributed by atoms with Gasteiger partial charge in [-0.15, -0.1) is 0 Å². The highest BCUT2D eigenvalue weighted by Crippen LogP contribution is 2.53. The Hall–Kier alpha value is -10.4. The molecule has 0 bridgehead atoms. The Morgan fingerprint density at radius 3 is 1.29 bits per heavy atom. The maximum Gasteiger partial charge on any atom is 0.252 e. The van der Waals surface area contributed by atoms with Crippen LogP contribution in [0, 0.1) is 0 Å². The van der Waals surface area contributed by atoms with E-state index in [1.807, 2.05) is 0 Å². The minimum absolute atomic E-state index is 0.147. The van der Waals surface area contributed by atoms with E-state index in [2.05, 4.69) is 297 Å². The van der Waals surface area contributed by atoms with Gasteiger partial charge >= 0.3 is 0 Å². The third-order valence-electron chi connectivity index (χ3n) is 17.4. The molecule has 18 rings (SSSR count). The van der Waals surface area contributed by atoms with Crippen LogP contribution in [0.1, 0.15) is 0 Å². The van der Waals surface area contributed by atoms with Crippen molar-refractivity contribution in [3.63, 3.8) is 0 Å². The lowest BCUT2D eigenvalue weighted by molar-refractivity contribution is 0.669. The lowest BCUT2D eigenvalue weighted by Crippen LogP contribution is -2.65. The van der Waals surface area contributed by atoms with E-state index >= 15 is 0 Å². The molecule has 0 spiro atoms. The molecule has 80 heavy (non-hydrogen) atoms.